The highest BCUT2D eigenvalue weighted by molar-refractivity contribution is 5.78. The molecule has 1 amide bonds. The molecule has 0 spiro atoms. The fourth-order valence-electron chi connectivity index (χ4n) is 2.53. The number of amides is 1. The average molecular weight is 417 g/mol. The SMILES string of the molecule is COC(=O)[C@H](Oc1ncccc1[N+](=O)[O-])[C@H](NC(=O)OC(C)(C)C)c1ccccc1. The van der Waals surface area contributed by atoms with E-state index in [1.807, 2.05) is 0 Å². The number of methoxy groups -OCH3 is 1. The van der Waals surface area contributed by atoms with Gasteiger partial charge in [0.1, 0.15) is 11.6 Å². The van der Waals surface area contributed by atoms with Crippen molar-refractivity contribution in [3.05, 3.63) is 64.3 Å². The molecule has 0 aliphatic rings. The lowest BCUT2D eigenvalue weighted by Crippen LogP contribution is -2.45. The average Bonchev–Trinajstić information content (AvgIpc) is 2.69. The van der Waals surface area contributed by atoms with Crippen molar-refractivity contribution in [1.82, 2.24) is 10.3 Å². The monoisotopic (exact) mass is 417 g/mol. The highest BCUT2D eigenvalue weighted by atomic mass is 16.6. The molecule has 30 heavy (non-hydrogen) atoms. The van der Waals surface area contributed by atoms with Gasteiger partial charge in [-0.05, 0) is 32.4 Å². The number of benzene rings is 1. The molecule has 0 fully saturated rings. The van der Waals surface area contributed by atoms with E-state index in [4.69, 9.17) is 14.2 Å². The first-order valence-electron chi connectivity index (χ1n) is 9.00. The fraction of sp³-hybridized carbons (Fsp3) is 0.350. The zero-order valence-corrected chi connectivity index (χ0v) is 17.0. The molecule has 1 aromatic heterocycles. The summed E-state index contributed by atoms with van der Waals surface area (Å²) in [7, 11) is 1.14. The summed E-state index contributed by atoms with van der Waals surface area (Å²) >= 11 is 0. The van der Waals surface area contributed by atoms with Gasteiger partial charge in [-0.1, -0.05) is 30.3 Å². The van der Waals surface area contributed by atoms with E-state index in [0.717, 1.165) is 7.11 Å². The van der Waals surface area contributed by atoms with E-state index < -0.39 is 40.4 Å². The van der Waals surface area contributed by atoms with Crippen molar-refractivity contribution in [3.8, 4) is 5.88 Å². The number of esters is 1. The van der Waals surface area contributed by atoms with Gasteiger partial charge in [-0.25, -0.2) is 14.6 Å². The molecule has 0 aliphatic heterocycles. The Morgan fingerprint density at radius 1 is 1.13 bits per heavy atom. The van der Waals surface area contributed by atoms with Gasteiger partial charge in [0.05, 0.1) is 12.0 Å². The third-order valence-electron chi connectivity index (χ3n) is 3.75. The van der Waals surface area contributed by atoms with Crippen molar-refractivity contribution in [2.75, 3.05) is 7.11 Å². The molecule has 2 rings (SSSR count). The Labute approximate surface area is 173 Å². The number of carbonyl (C=O) groups is 2. The number of nitro groups is 1. The van der Waals surface area contributed by atoms with Crippen molar-refractivity contribution in [2.45, 2.75) is 38.5 Å². The molecule has 0 saturated heterocycles. The maximum Gasteiger partial charge on any atom is 0.408 e. The van der Waals surface area contributed by atoms with Gasteiger partial charge < -0.3 is 19.5 Å². The first-order valence-corrected chi connectivity index (χ1v) is 9.00. The van der Waals surface area contributed by atoms with Crippen LogP contribution in [0.5, 0.6) is 5.88 Å². The number of hydrogen-bond acceptors (Lipinski definition) is 8. The van der Waals surface area contributed by atoms with Gasteiger partial charge in [0, 0.05) is 12.3 Å². The first-order chi connectivity index (χ1) is 14.1. The summed E-state index contributed by atoms with van der Waals surface area (Å²) in [6.45, 7) is 5.07. The van der Waals surface area contributed by atoms with Crippen LogP contribution in [0.4, 0.5) is 10.5 Å². The van der Waals surface area contributed by atoms with Gasteiger partial charge in [0.15, 0.2) is 0 Å². The summed E-state index contributed by atoms with van der Waals surface area (Å²) in [5.41, 5.74) is -0.722. The Kier molecular flexibility index (Phi) is 7.29. The van der Waals surface area contributed by atoms with Gasteiger partial charge >= 0.3 is 17.7 Å². The molecule has 0 bridgehead atoms. The van der Waals surface area contributed by atoms with E-state index in [0.29, 0.717) is 5.56 Å². The molecule has 2 aromatic rings. The van der Waals surface area contributed by atoms with Crippen LogP contribution in [-0.4, -0.2) is 40.8 Å². The van der Waals surface area contributed by atoms with Crippen LogP contribution in [-0.2, 0) is 14.3 Å². The van der Waals surface area contributed by atoms with E-state index in [-0.39, 0.29) is 5.88 Å². The molecular formula is C20H23N3O7. The second kappa shape index (κ2) is 9.68. The van der Waals surface area contributed by atoms with Gasteiger partial charge in [0.2, 0.25) is 6.10 Å². The minimum absolute atomic E-state index is 0.384. The van der Waals surface area contributed by atoms with Crippen LogP contribution in [0.25, 0.3) is 0 Å². The summed E-state index contributed by atoms with van der Waals surface area (Å²) in [4.78, 5) is 39.4. The van der Waals surface area contributed by atoms with Gasteiger partial charge in [-0.2, -0.15) is 0 Å². The van der Waals surface area contributed by atoms with Crippen molar-refractivity contribution >= 4 is 17.7 Å². The first kappa shape index (κ1) is 22.6. The van der Waals surface area contributed by atoms with Crippen molar-refractivity contribution in [1.29, 1.82) is 0 Å². The molecule has 0 saturated carbocycles. The van der Waals surface area contributed by atoms with Gasteiger partial charge in [-0.3, -0.25) is 10.1 Å². The summed E-state index contributed by atoms with van der Waals surface area (Å²) < 4.78 is 15.7. The topological polar surface area (TPSA) is 130 Å². The molecule has 0 aliphatic carbocycles. The molecule has 10 nitrogen and oxygen atoms in total. The highest BCUT2D eigenvalue weighted by Crippen LogP contribution is 2.28. The zero-order chi connectivity index (χ0) is 22.3. The van der Waals surface area contributed by atoms with Crippen molar-refractivity contribution in [2.24, 2.45) is 0 Å². The third kappa shape index (κ3) is 6.16. The molecule has 2 atom stereocenters. The molecule has 1 N–H and O–H groups in total. The molecule has 160 valence electrons. The number of nitrogens with one attached hydrogen (secondary N) is 1. The predicted octanol–water partition coefficient (Wildman–Crippen LogP) is 3.18. The summed E-state index contributed by atoms with van der Waals surface area (Å²) in [6, 6.07) is 9.97. The van der Waals surface area contributed by atoms with Crippen molar-refractivity contribution < 1.29 is 28.7 Å². The Morgan fingerprint density at radius 2 is 1.80 bits per heavy atom. The quantitative estimate of drug-likeness (QED) is 0.413. The number of carbonyl (C=O) groups excluding carboxylic acids is 2. The molecule has 10 heteroatoms. The molecule has 0 unspecified atom stereocenters. The smallest absolute Gasteiger partial charge is 0.408 e. The Balaban J connectivity index is 2.45. The van der Waals surface area contributed by atoms with E-state index in [9.17, 15) is 19.7 Å². The normalized spacial score (nSPS) is 12.9. The molecule has 1 heterocycles. The Hall–Kier alpha value is -3.69. The highest BCUT2D eigenvalue weighted by Gasteiger charge is 2.37. The number of nitrogens with zero attached hydrogens (tertiary/aromatic N) is 2. The molecular weight excluding hydrogens is 394 g/mol. The fourth-order valence-corrected chi connectivity index (χ4v) is 2.53. The predicted molar refractivity (Wildman–Crippen MR) is 106 cm³/mol. The second-order valence-electron chi connectivity index (χ2n) is 7.18. The lowest BCUT2D eigenvalue weighted by Gasteiger charge is -2.28. The number of pyridine rings is 1. The zero-order valence-electron chi connectivity index (χ0n) is 17.0. The summed E-state index contributed by atoms with van der Waals surface area (Å²) in [6.07, 6.45) is -0.988. The Morgan fingerprint density at radius 3 is 2.37 bits per heavy atom. The number of hydrogen-bond donors (Lipinski definition) is 1. The van der Waals surface area contributed by atoms with E-state index in [2.05, 4.69) is 10.3 Å². The lowest BCUT2D eigenvalue weighted by atomic mass is 10.0. The maximum absolute atomic E-state index is 12.5. The number of alkyl carbamates (subject to hydrolysis) is 1. The minimum Gasteiger partial charge on any atom is -0.466 e. The van der Waals surface area contributed by atoms with E-state index in [1.165, 1.54) is 18.3 Å². The molecule has 1 aromatic carbocycles. The lowest BCUT2D eigenvalue weighted by molar-refractivity contribution is -0.386. The van der Waals surface area contributed by atoms with Crippen LogP contribution in [0.15, 0.2) is 48.7 Å². The van der Waals surface area contributed by atoms with Crippen LogP contribution in [0, 0.1) is 10.1 Å². The second-order valence-corrected chi connectivity index (χ2v) is 7.18. The third-order valence-corrected chi connectivity index (χ3v) is 3.75. The van der Waals surface area contributed by atoms with Gasteiger partial charge in [-0.15, -0.1) is 0 Å². The maximum atomic E-state index is 12.5. The summed E-state index contributed by atoms with van der Waals surface area (Å²) in [5.74, 6) is -1.25. The van der Waals surface area contributed by atoms with E-state index >= 15 is 0 Å². The Bertz CT molecular complexity index is 897. The van der Waals surface area contributed by atoms with Gasteiger partial charge in [0.25, 0.3) is 5.88 Å². The van der Waals surface area contributed by atoms with Crippen LogP contribution < -0.4 is 10.1 Å². The van der Waals surface area contributed by atoms with E-state index in [1.54, 1.807) is 51.1 Å². The number of ether oxygens (including phenoxy) is 3. The largest absolute Gasteiger partial charge is 0.466 e. The van der Waals surface area contributed by atoms with Crippen LogP contribution in [0.1, 0.15) is 32.4 Å². The minimum atomic E-state index is -1.47. The molecule has 0 radical (unpaired) electrons. The van der Waals surface area contributed by atoms with Crippen molar-refractivity contribution in [3.63, 3.8) is 0 Å². The number of aromatic nitrogens is 1. The summed E-state index contributed by atoms with van der Waals surface area (Å²) in [5, 5.41) is 13.9. The standard InChI is InChI=1S/C20H23N3O7/c1-20(2,3)30-19(25)22-15(13-9-6-5-7-10-13)16(18(24)28-4)29-17-14(23(26)27)11-8-12-21-17/h5-12,15-16H,1-4H3,(H,22,25)/t15-,16-/m1/s1. The van der Waals surface area contributed by atoms with Crippen LogP contribution in [0.3, 0.4) is 0 Å². The van der Waals surface area contributed by atoms with Crippen LogP contribution >= 0.6 is 0 Å². The van der Waals surface area contributed by atoms with Crippen LogP contribution in [0.2, 0.25) is 0 Å². The number of rotatable bonds is 7.